The second-order valence-corrected chi connectivity index (χ2v) is 9.12. The number of phenolic OH excluding ortho intramolecular Hbond substituents is 2. The van der Waals surface area contributed by atoms with Crippen molar-refractivity contribution in [3.63, 3.8) is 0 Å². The topological polar surface area (TPSA) is 136 Å². The van der Waals surface area contributed by atoms with Crippen molar-refractivity contribution in [2.24, 2.45) is 0 Å². The van der Waals surface area contributed by atoms with Crippen molar-refractivity contribution in [1.29, 1.82) is 0 Å². The highest BCUT2D eigenvalue weighted by Crippen LogP contribution is 2.17. The Balaban J connectivity index is 1.49. The molecule has 8 heteroatoms. The highest BCUT2D eigenvalue weighted by molar-refractivity contribution is 5.92. The summed E-state index contributed by atoms with van der Waals surface area (Å²) in [5, 5.41) is 36.1. The van der Waals surface area contributed by atoms with E-state index in [2.05, 4.69) is 10.6 Å². The molecule has 2 atom stereocenters. The van der Waals surface area contributed by atoms with E-state index >= 15 is 0 Å². The number of nitrogens with one attached hydrogen (secondary N) is 2. The molecule has 2 amide bonds. The number of carbonyl (C=O) groups excluding carboxylic acids is 2. The summed E-state index contributed by atoms with van der Waals surface area (Å²) in [6, 6.07) is 23.5. The number of hydrogen-bond acceptors (Lipinski definition) is 5. The molecular formula is C30H28N2O6. The third-order valence-corrected chi connectivity index (χ3v) is 6.20. The van der Waals surface area contributed by atoms with Crippen molar-refractivity contribution in [2.75, 3.05) is 0 Å². The van der Waals surface area contributed by atoms with Crippen LogP contribution in [0.2, 0.25) is 0 Å². The summed E-state index contributed by atoms with van der Waals surface area (Å²) in [4.78, 5) is 38.2. The van der Waals surface area contributed by atoms with Gasteiger partial charge >= 0.3 is 5.97 Å². The maximum absolute atomic E-state index is 13.3. The van der Waals surface area contributed by atoms with Crippen LogP contribution < -0.4 is 10.6 Å². The Kier molecular flexibility index (Phi) is 8.23. The highest BCUT2D eigenvalue weighted by atomic mass is 16.4. The van der Waals surface area contributed by atoms with Crippen molar-refractivity contribution in [1.82, 2.24) is 10.6 Å². The number of phenols is 2. The van der Waals surface area contributed by atoms with E-state index in [1.54, 1.807) is 24.3 Å². The van der Waals surface area contributed by atoms with Gasteiger partial charge in [-0.1, -0.05) is 66.7 Å². The van der Waals surface area contributed by atoms with E-state index in [0.29, 0.717) is 11.1 Å². The van der Waals surface area contributed by atoms with Gasteiger partial charge in [0, 0.05) is 12.8 Å². The minimum atomic E-state index is -1.24. The van der Waals surface area contributed by atoms with Crippen LogP contribution in [0.25, 0.3) is 10.8 Å². The van der Waals surface area contributed by atoms with Crippen molar-refractivity contribution in [3.8, 4) is 11.5 Å². The van der Waals surface area contributed by atoms with Gasteiger partial charge in [0.1, 0.15) is 23.6 Å². The molecule has 4 rings (SSSR count). The Morgan fingerprint density at radius 3 is 1.74 bits per heavy atom. The Labute approximate surface area is 219 Å². The lowest BCUT2D eigenvalue weighted by Crippen LogP contribution is -2.53. The first-order chi connectivity index (χ1) is 18.3. The fraction of sp³-hybridized carbons (Fsp3) is 0.167. The van der Waals surface area contributed by atoms with Crippen molar-refractivity contribution in [2.45, 2.75) is 31.3 Å². The van der Waals surface area contributed by atoms with Gasteiger partial charge in [0.2, 0.25) is 11.8 Å². The van der Waals surface area contributed by atoms with Crippen molar-refractivity contribution >= 4 is 28.6 Å². The zero-order valence-corrected chi connectivity index (χ0v) is 20.5. The van der Waals surface area contributed by atoms with E-state index in [0.717, 1.165) is 16.3 Å². The number of fused-ring (bicyclic) bond motifs is 1. The maximum Gasteiger partial charge on any atom is 0.326 e. The Bertz CT molecular complexity index is 1430. The van der Waals surface area contributed by atoms with Crippen LogP contribution in [0.5, 0.6) is 11.5 Å². The molecule has 0 aliphatic carbocycles. The van der Waals surface area contributed by atoms with Crippen LogP contribution >= 0.6 is 0 Å². The molecule has 4 aromatic carbocycles. The summed E-state index contributed by atoms with van der Waals surface area (Å²) in [6.45, 7) is 0. The van der Waals surface area contributed by atoms with Crippen LogP contribution in [0, 0.1) is 0 Å². The zero-order chi connectivity index (χ0) is 27.1. The molecule has 0 saturated carbocycles. The molecule has 8 nitrogen and oxygen atoms in total. The molecule has 0 bridgehead atoms. The number of aliphatic carboxylic acids is 1. The fourth-order valence-electron chi connectivity index (χ4n) is 4.20. The fourth-order valence-corrected chi connectivity index (χ4v) is 4.20. The molecule has 0 aliphatic heterocycles. The molecule has 194 valence electrons. The van der Waals surface area contributed by atoms with E-state index in [-0.39, 0.29) is 36.7 Å². The number of carboxylic acids is 1. The van der Waals surface area contributed by atoms with Gasteiger partial charge < -0.3 is 26.0 Å². The quantitative estimate of drug-likeness (QED) is 0.221. The minimum absolute atomic E-state index is 0.00167. The van der Waals surface area contributed by atoms with Crippen LogP contribution in [0.15, 0.2) is 91.0 Å². The van der Waals surface area contributed by atoms with Crippen LogP contribution in [0.3, 0.4) is 0 Å². The average Bonchev–Trinajstić information content (AvgIpc) is 2.90. The lowest BCUT2D eigenvalue weighted by molar-refractivity contribution is -0.142. The summed E-state index contributed by atoms with van der Waals surface area (Å²) in [7, 11) is 0. The lowest BCUT2D eigenvalue weighted by atomic mass is 10.0. The molecule has 0 unspecified atom stereocenters. The van der Waals surface area contributed by atoms with Gasteiger partial charge in [-0.25, -0.2) is 4.79 Å². The summed E-state index contributed by atoms with van der Waals surface area (Å²) < 4.78 is 0. The molecule has 0 radical (unpaired) electrons. The minimum Gasteiger partial charge on any atom is -0.508 e. The van der Waals surface area contributed by atoms with Gasteiger partial charge in [0.25, 0.3) is 0 Å². The molecule has 0 saturated heterocycles. The maximum atomic E-state index is 13.3. The summed E-state index contributed by atoms with van der Waals surface area (Å²) in [5.74, 6) is -2.14. The highest BCUT2D eigenvalue weighted by Gasteiger charge is 2.27. The Morgan fingerprint density at radius 2 is 1.16 bits per heavy atom. The predicted molar refractivity (Wildman–Crippen MR) is 143 cm³/mol. The average molecular weight is 513 g/mol. The number of benzene rings is 4. The number of aromatic hydroxyl groups is 2. The SMILES string of the molecule is O=C(Cc1ccc2ccccc2c1)N[C@@H](Cc1ccc(O)cc1)C(=O)N[C@@H](Cc1ccc(O)cc1)C(=O)O. The van der Waals surface area contributed by atoms with Crippen LogP contribution in [-0.4, -0.2) is 45.2 Å². The first-order valence-electron chi connectivity index (χ1n) is 12.1. The van der Waals surface area contributed by atoms with Gasteiger partial charge in [0.15, 0.2) is 0 Å². The number of hydrogen-bond donors (Lipinski definition) is 5. The molecule has 0 aromatic heterocycles. The first kappa shape index (κ1) is 26.2. The summed E-state index contributed by atoms with van der Waals surface area (Å²) >= 11 is 0. The normalized spacial score (nSPS) is 12.4. The molecule has 4 aromatic rings. The number of carbonyl (C=O) groups is 3. The number of amides is 2. The second-order valence-electron chi connectivity index (χ2n) is 9.12. The van der Waals surface area contributed by atoms with E-state index < -0.39 is 24.0 Å². The Hall–Kier alpha value is -4.85. The molecule has 0 heterocycles. The van der Waals surface area contributed by atoms with Gasteiger partial charge in [-0.05, 0) is 51.7 Å². The van der Waals surface area contributed by atoms with E-state index in [9.17, 15) is 29.7 Å². The summed E-state index contributed by atoms with van der Waals surface area (Å²) in [5.41, 5.74) is 2.08. The molecular weight excluding hydrogens is 484 g/mol. The van der Waals surface area contributed by atoms with Gasteiger partial charge in [-0.15, -0.1) is 0 Å². The van der Waals surface area contributed by atoms with Crippen molar-refractivity contribution < 1.29 is 29.7 Å². The number of rotatable bonds is 10. The second kappa shape index (κ2) is 11.9. The molecule has 38 heavy (non-hydrogen) atoms. The van der Waals surface area contributed by atoms with Crippen LogP contribution in [-0.2, 0) is 33.6 Å². The monoisotopic (exact) mass is 512 g/mol. The number of carboxylic acid groups (broad SMARTS) is 1. The van der Waals surface area contributed by atoms with E-state index in [4.69, 9.17) is 0 Å². The van der Waals surface area contributed by atoms with Gasteiger partial charge in [-0.2, -0.15) is 0 Å². The van der Waals surface area contributed by atoms with Crippen LogP contribution in [0.4, 0.5) is 0 Å². The summed E-state index contributed by atoms with van der Waals surface area (Å²) in [6.07, 6.45) is 0.138. The third-order valence-electron chi connectivity index (χ3n) is 6.20. The smallest absolute Gasteiger partial charge is 0.326 e. The van der Waals surface area contributed by atoms with E-state index in [1.807, 2.05) is 42.5 Å². The predicted octanol–water partition coefficient (Wildman–Crippen LogP) is 3.33. The first-order valence-corrected chi connectivity index (χ1v) is 12.1. The van der Waals surface area contributed by atoms with Crippen LogP contribution in [0.1, 0.15) is 16.7 Å². The lowest BCUT2D eigenvalue weighted by Gasteiger charge is -2.22. The third kappa shape index (κ3) is 7.10. The molecule has 0 spiro atoms. The van der Waals surface area contributed by atoms with Gasteiger partial charge in [0.05, 0.1) is 6.42 Å². The molecule has 5 N–H and O–H groups in total. The molecule has 0 fully saturated rings. The van der Waals surface area contributed by atoms with E-state index in [1.165, 1.54) is 24.3 Å². The standard InChI is InChI=1S/C30H28N2O6/c33-24-11-6-19(7-12-24)16-26(29(36)32-27(30(37)38)17-20-8-13-25(34)14-9-20)31-28(35)18-21-5-10-22-3-1-2-4-23(22)15-21/h1-15,26-27,33-34H,16-18H2,(H,31,35)(H,32,36)(H,37,38)/t26-,27-/m0/s1. The van der Waals surface area contributed by atoms with Crippen molar-refractivity contribution in [3.05, 3.63) is 108 Å². The molecule has 0 aliphatic rings. The largest absolute Gasteiger partial charge is 0.508 e. The Morgan fingerprint density at radius 1 is 0.632 bits per heavy atom. The zero-order valence-electron chi connectivity index (χ0n) is 20.5. The van der Waals surface area contributed by atoms with Gasteiger partial charge in [-0.3, -0.25) is 9.59 Å².